The van der Waals surface area contributed by atoms with E-state index >= 15 is 0 Å². The Morgan fingerprint density at radius 2 is 1.93 bits per heavy atom. The molecule has 0 unspecified atom stereocenters. The van der Waals surface area contributed by atoms with Crippen molar-refractivity contribution in [1.82, 2.24) is 4.98 Å². The van der Waals surface area contributed by atoms with Gasteiger partial charge >= 0.3 is 12.1 Å². The van der Waals surface area contributed by atoms with Crippen molar-refractivity contribution in [3.05, 3.63) is 52.8 Å². The number of amides is 1. The van der Waals surface area contributed by atoms with Gasteiger partial charge in [0.1, 0.15) is 17.5 Å². The van der Waals surface area contributed by atoms with E-state index in [9.17, 15) is 26.7 Å². The lowest BCUT2D eigenvalue weighted by Gasteiger charge is -2.23. The van der Waals surface area contributed by atoms with E-state index in [1.807, 2.05) is 0 Å². The number of hydrogen-bond donors (Lipinski definition) is 2. The Labute approximate surface area is 155 Å². The molecular formula is C16H13ClF5N3O2. The van der Waals surface area contributed by atoms with E-state index in [2.05, 4.69) is 10.3 Å². The maximum atomic E-state index is 13.7. The molecule has 0 aliphatic rings. The van der Waals surface area contributed by atoms with Gasteiger partial charge in [-0.3, -0.25) is 4.79 Å². The molecular weight excluding hydrogens is 397 g/mol. The van der Waals surface area contributed by atoms with Gasteiger partial charge in [-0.25, -0.2) is 4.98 Å². The lowest BCUT2D eigenvalue weighted by Crippen LogP contribution is -2.34. The predicted molar refractivity (Wildman–Crippen MR) is 88.1 cm³/mol. The number of nitrogens with one attached hydrogen (secondary N) is 1. The van der Waals surface area contributed by atoms with E-state index in [-0.39, 0.29) is 29.6 Å². The summed E-state index contributed by atoms with van der Waals surface area (Å²) in [5, 5.41) is 2.23. The van der Waals surface area contributed by atoms with Crippen LogP contribution in [0.5, 0.6) is 5.75 Å². The molecule has 0 spiro atoms. The molecule has 5 nitrogen and oxygen atoms in total. The number of nitrogens with zero attached hydrogens (tertiary/aromatic N) is 1. The Kier molecular flexibility index (Phi) is 6.22. The maximum absolute atomic E-state index is 13.7. The van der Waals surface area contributed by atoms with Gasteiger partial charge in [0, 0.05) is 24.5 Å². The first-order valence-electron chi connectivity index (χ1n) is 7.41. The normalized spacial score (nSPS) is 12.0. The number of nitrogens with two attached hydrogens (primary N) is 1. The van der Waals surface area contributed by atoms with Gasteiger partial charge in [-0.1, -0.05) is 11.6 Å². The van der Waals surface area contributed by atoms with Crippen molar-refractivity contribution in [1.29, 1.82) is 0 Å². The van der Waals surface area contributed by atoms with Crippen molar-refractivity contribution < 1.29 is 31.5 Å². The summed E-state index contributed by atoms with van der Waals surface area (Å²) in [7, 11) is 0. The van der Waals surface area contributed by atoms with Crippen molar-refractivity contribution >= 4 is 23.2 Å². The van der Waals surface area contributed by atoms with E-state index in [1.165, 1.54) is 18.3 Å². The minimum atomic E-state index is -5.82. The zero-order valence-electron chi connectivity index (χ0n) is 13.5. The highest BCUT2D eigenvalue weighted by atomic mass is 35.5. The molecule has 11 heteroatoms. The fourth-order valence-electron chi connectivity index (χ4n) is 2.05. The second-order valence-electron chi connectivity index (χ2n) is 5.22. The lowest BCUT2D eigenvalue weighted by atomic mass is 10.1. The Morgan fingerprint density at radius 3 is 2.52 bits per heavy atom. The molecule has 1 aromatic carbocycles. The van der Waals surface area contributed by atoms with Gasteiger partial charge in [0.05, 0.1) is 11.1 Å². The highest BCUT2D eigenvalue weighted by molar-refractivity contribution is 6.33. The summed E-state index contributed by atoms with van der Waals surface area (Å²) >= 11 is 5.79. The first-order valence-corrected chi connectivity index (χ1v) is 7.79. The number of rotatable bonds is 6. The van der Waals surface area contributed by atoms with Crippen LogP contribution in [0.2, 0.25) is 5.15 Å². The van der Waals surface area contributed by atoms with Gasteiger partial charge in [0.25, 0.3) is 5.91 Å². The lowest BCUT2D eigenvalue weighted by molar-refractivity contribution is -0.289. The summed E-state index contributed by atoms with van der Waals surface area (Å²) in [6, 6.07) is 5.09. The van der Waals surface area contributed by atoms with Crippen molar-refractivity contribution in [2.45, 2.75) is 12.1 Å². The summed E-state index contributed by atoms with van der Waals surface area (Å²) in [6.07, 6.45) is -4.46. The molecule has 1 aromatic heterocycles. The largest absolute Gasteiger partial charge is 0.492 e. The molecule has 0 saturated heterocycles. The number of halogens is 6. The SMILES string of the molecule is NCCOc1cc(NC(=O)c2cccnc2Cl)ccc1C(F)(F)C(F)(F)F. The van der Waals surface area contributed by atoms with E-state index in [1.54, 1.807) is 0 Å². The molecule has 0 aliphatic heterocycles. The Hall–Kier alpha value is -2.46. The summed E-state index contributed by atoms with van der Waals surface area (Å²) < 4.78 is 70.4. The number of aromatic nitrogens is 1. The molecule has 0 atom stereocenters. The highest BCUT2D eigenvalue weighted by Crippen LogP contribution is 2.47. The van der Waals surface area contributed by atoms with Gasteiger partial charge in [0.15, 0.2) is 0 Å². The Bertz CT molecular complexity index is 830. The van der Waals surface area contributed by atoms with Gasteiger partial charge in [-0.15, -0.1) is 0 Å². The summed E-state index contributed by atoms with van der Waals surface area (Å²) in [6.45, 7) is -0.411. The van der Waals surface area contributed by atoms with Crippen LogP contribution in [0.3, 0.4) is 0 Å². The molecule has 0 radical (unpaired) electrons. The maximum Gasteiger partial charge on any atom is 0.458 e. The van der Waals surface area contributed by atoms with Crippen LogP contribution in [0.4, 0.5) is 27.6 Å². The smallest absolute Gasteiger partial charge is 0.458 e. The quantitative estimate of drug-likeness (QED) is 0.559. The van der Waals surface area contributed by atoms with Gasteiger partial charge in [-0.2, -0.15) is 22.0 Å². The summed E-state index contributed by atoms with van der Waals surface area (Å²) in [4.78, 5) is 15.9. The van der Waals surface area contributed by atoms with Crippen molar-refractivity contribution in [2.75, 3.05) is 18.5 Å². The topological polar surface area (TPSA) is 77.2 Å². The number of anilines is 1. The number of carbonyl (C=O) groups excluding carboxylic acids is 1. The van der Waals surface area contributed by atoms with Crippen molar-refractivity contribution in [3.8, 4) is 5.75 Å². The van der Waals surface area contributed by atoms with Crippen LogP contribution in [0.25, 0.3) is 0 Å². The Balaban J connectivity index is 2.37. The number of alkyl halides is 5. The third kappa shape index (κ3) is 4.64. The van der Waals surface area contributed by atoms with Gasteiger partial charge in [-0.05, 0) is 24.3 Å². The number of ether oxygens (including phenoxy) is 1. The molecule has 2 rings (SSSR count). The van der Waals surface area contributed by atoms with Crippen LogP contribution >= 0.6 is 11.6 Å². The van der Waals surface area contributed by atoms with E-state index in [0.29, 0.717) is 6.07 Å². The highest BCUT2D eigenvalue weighted by Gasteiger charge is 2.60. The third-order valence-corrected chi connectivity index (χ3v) is 3.61. The van der Waals surface area contributed by atoms with Gasteiger partial charge < -0.3 is 15.8 Å². The second kappa shape index (κ2) is 8.05. The van der Waals surface area contributed by atoms with Crippen LogP contribution in [0, 0.1) is 0 Å². The third-order valence-electron chi connectivity index (χ3n) is 3.31. The molecule has 0 saturated carbocycles. The number of carbonyl (C=O) groups is 1. The number of hydrogen-bond acceptors (Lipinski definition) is 4. The van der Waals surface area contributed by atoms with Gasteiger partial charge in [0.2, 0.25) is 0 Å². The average Bonchev–Trinajstić information content (AvgIpc) is 2.59. The van der Waals surface area contributed by atoms with Crippen LogP contribution in [-0.4, -0.2) is 30.2 Å². The first kappa shape index (κ1) is 20.8. The Morgan fingerprint density at radius 1 is 1.22 bits per heavy atom. The fraction of sp³-hybridized carbons (Fsp3) is 0.250. The van der Waals surface area contributed by atoms with Crippen molar-refractivity contribution in [2.24, 2.45) is 5.73 Å². The average molecular weight is 410 g/mol. The first-order chi connectivity index (χ1) is 12.6. The van der Waals surface area contributed by atoms with Crippen LogP contribution < -0.4 is 15.8 Å². The molecule has 0 bridgehead atoms. The van der Waals surface area contributed by atoms with Crippen LogP contribution in [-0.2, 0) is 5.92 Å². The zero-order chi connectivity index (χ0) is 20.2. The van der Waals surface area contributed by atoms with Crippen LogP contribution in [0.1, 0.15) is 15.9 Å². The standard InChI is InChI=1S/C16H13ClF5N3O2/c17-13-10(2-1-6-24-13)14(26)25-9-3-4-11(12(8-9)27-7-5-23)15(18,19)16(20,21)22/h1-4,6,8H,5,7,23H2,(H,25,26). The number of pyridine rings is 1. The van der Waals surface area contributed by atoms with E-state index < -0.39 is 29.3 Å². The van der Waals surface area contributed by atoms with E-state index in [4.69, 9.17) is 22.1 Å². The summed E-state index contributed by atoms with van der Waals surface area (Å²) in [5.41, 5.74) is 3.74. The van der Waals surface area contributed by atoms with Crippen LogP contribution in [0.15, 0.2) is 36.5 Å². The fourth-order valence-corrected chi connectivity index (χ4v) is 2.26. The van der Waals surface area contributed by atoms with E-state index in [0.717, 1.165) is 12.1 Å². The molecule has 3 N–H and O–H groups in total. The molecule has 2 aromatic rings. The molecule has 0 fully saturated rings. The molecule has 1 amide bonds. The zero-order valence-corrected chi connectivity index (χ0v) is 14.2. The second-order valence-corrected chi connectivity index (χ2v) is 5.57. The molecule has 0 aliphatic carbocycles. The van der Waals surface area contributed by atoms with Crippen molar-refractivity contribution in [3.63, 3.8) is 0 Å². The molecule has 146 valence electrons. The summed E-state index contributed by atoms with van der Waals surface area (Å²) in [5.74, 6) is -6.63. The number of benzene rings is 1. The molecule has 27 heavy (non-hydrogen) atoms. The minimum absolute atomic E-state index is 0.00621. The minimum Gasteiger partial charge on any atom is -0.492 e. The predicted octanol–water partition coefficient (Wildman–Crippen LogP) is 3.98. The monoisotopic (exact) mass is 409 g/mol. The molecule has 1 heterocycles.